The number of carbonyl (C=O) groups is 2. The van der Waals surface area contributed by atoms with Crippen molar-refractivity contribution in [2.45, 2.75) is 26.3 Å². The van der Waals surface area contributed by atoms with Crippen LogP contribution in [0.1, 0.15) is 28.7 Å². The first kappa shape index (κ1) is 18.1. The molecule has 8 heteroatoms. The molecule has 142 valence electrons. The molecule has 0 aliphatic heterocycles. The van der Waals surface area contributed by atoms with Crippen LogP contribution in [-0.4, -0.2) is 33.0 Å². The van der Waals surface area contributed by atoms with E-state index < -0.39 is 6.04 Å². The maximum atomic E-state index is 12.7. The summed E-state index contributed by atoms with van der Waals surface area (Å²) in [5, 5.41) is 14.3. The maximum Gasteiger partial charge on any atom is 0.251 e. The van der Waals surface area contributed by atoms with Crippen molar-refractivity contribution in [1.82, 2.24) is 20.5 Å². The minimum Gasteiger partial charge on any atom is -0.340 e. The number of aromatic nitrogens is 3. The van der Waals surface area contributed by atoms with Crippen molar-refractivity contribution < 1.29 is 9.59 Å². The smallest absolute Gasteiger partial charge is 0.251 e. The van der Waals surface area contributed by atoms with E-state index in [0.29, 0.717) is 17.7 Å². The summed E-state index contributed by atoms with van der Waals surface area (Å²) in [6.07, 6.45) is 2.13. The molecule has 4 aromatic rings. The van der Waals surface area contributed by atoms with Gasteiger partial charge in [-0.1, -0.05) is 6.92 Å². The van der Waals surface area contributed by atoms with Crippen molar-refractivity contribution in [2.75, 3.05) is 5.32 Å². The number of nitrogens with one attached hydrogen (secondary N) is 3. The fraction of sp³-hybridized carbons (Fsp3) is 0.200. The Kier molecular flexibility index (Phi) is 4.79. The Hall–Kier alpha value is -3.26. The van der Waals surface area contributed by atoms with E-state index in [9.17, 15) is 9.59 Å². The molecular formula is C20H19N5O2S. The van der Waals surface area contributed by atoms with Gasteiger partial charge in [-0.15, -0.1) is 11.3 Å². The van der Waals surface area contributed by atoms with Crippen LogP contribution in [0, 0.1) is 6.92 Å². The summed E-state index contributed by atoms with van der Waals surface area (Å²) in [4.78, 5) is 29.7. The molecule has 0 fully saturated rings. The quantitative estimate of drug-likeness (QED) is 0.482. The first-order valence-electron chi connectivity index (χ1n) is 8.95. The lowest BCUT2D eigenvalue weighted by Crippen LogP contribution is -2.43. The SMILES string of the molecule is CCC(NC(=O)c1ccc2[nH]ncc2c1)C(=O)Nc1ccc2sc(C)nc2c1. The second-order valence-corrected chi connectivity index (χ2v) is 7.75. The van der Waals surface area contributed by atoms with Gasteiger partial charge in [-0.25, -0.2) is 4.98 Å². The molecule has 0 saturated carbocycles. The highest BCUT2D eigenvalue weighted by Crippen LogP contribution is 2.24. The third-order valence-electron chi connectivity index (χ3n) is 4.49. The van der Waals surface area contributed by atoms with Gasteiger partial charge in [0.2, 0.25) is 5.91 Å². The van der Waals surface area contributed by atoms with E-state index in [1.165, 1.54) is 0 Å². The summed E-state index contributed by atoms with van der Waals surface area (Å²) in [6, 6.07) is 10.2. The van der Waals surface area contributed by atoms with Crippen LogP contribution in [0.2, 0.25) is 0 Å². The average molecular weight is 393 g/mol. The summed E-state index contributed by atoms with van der Waals surface area (Å²) in [5.74, 6) is -0.554. The molecule has 0 aliphatic rings. The van der Waals surface area contributed by atoms with Crippen LogP contribution in [0.3, 0.4) is 0 Å². The third-order valence-corrected chi connectivity index (χ3v) is 5.45. The lowest BCUT2D eigenvalue weighted by Gasteiger charge is -2.17. The van der Waals surface area contributed by atoms with Gasteiger partial charge in [0.1, 0.15) is 6.04 Å². The normalized spacial score (nSPS) is 12.2. The summed E-state index contributed by atoms with van der Waals surface area (Å²) < 4.78 is 1.07. The number of hydrogen-bond acceptors (Lipinski definition) is 5. The molecule has 2 heterocycles. The summed E-state index contributed by atoms with van der Waals surface area (Å²) >= 11 is 1.61. The first-order valence-corrected chi connectivity index (χ1v) is 9.77. The molecule has 2 aromatic heterocycles. The molecule has 0 radical (unpaired) electrons. The molecule has 0 bridgehead atoms. The number of thiazole rings is 1. The number of carbonyl (C=O) groups excluding carboxylic acids is 2. The second kappa shape index (κ2) is 7.40. The fourth-order valence-electron chi connectivity index (χ4n) is 3.03. The highest BCUT2D eigenvalue weighted by Gasteiger charge is 2.20. The molecule has 0 saturated heterocycles. The molecule has 2 amide bonds. The van der Waals surface area contributed by atoms with E-state index in [0.717, 1.165) is 26.1 Å². The number of aromatic amines is 1. The van der Waals surface area contributed by atoms with Crippen LogP contribution < -0.4 is 10.6 Å². The molecule has 0 spiro atoms. The number of anilines is 1. The number of aryl methyl sites for hydroxylation is 1. The van der Waals surface area contributed by atoms with Gasteiger partial charge in [-0.3, -0.25) is 14.7 Å². The standard InChI is InChI=1S/C20H19N5O2S/c1-3-15(24-19(26)12-4-6-16-13(8-12)10-21-25-16)20(27)23-14-5-7-18-17(9-14)22-11(2)28-18/h4-10,15H,3H2,1-2H3,(H,21,25)(H,23,27)(H,24,26). The third kappa shape index (κ3) is 3.59. The van der Waals surface area contributed by atoms with Gasteiger partial charge in [0, 0.05) is 16.6 Å². The zero-order chi connectivity index (χ0) is 19.7. The molecule has 3 N–H and O–H groups in total. The van der Waals surface area contributed by atoms with Crippen LogP contribution >= 0.6 is 11.3 Å². The van der Waals surface area contributed by atoms with Crippen molar-refractivity contribution in [3.63, 3.8) is 0 Å². The Balaban J connectivity index is 1.47. The van der Waals surface area contributed by atoms with E-state index in [2.05, 4.69) is 25.8 Å². The first-order chi connectivity index (χ1) is 13.5. The second-order valence-electron chi connectivity index (χ2n) is 6.51. The van der Waals surface area contributed by atoms with Crippen LogP contribution in [0.25, 0.3) is 21.1 Å². The van der Waals surface area contributed by atoms with Gasteiger partial charge in [0.25, 0.3) is 5.91 Å². The monoisotopic (exact) mass is 393 g/mol. The topological polar surface area (TPSA) is 99.8 Å². The van der Waals surface area contributed by atoms with Crippen LogP contribution in [0.15, 0.2) is 42.6 Å². The Bertz CT molecular complexity index is 1180. The zero-order valence-corrected chi connectivity index (χ0v) is 16.3. The van der Waals surface area contributed by atoms with E-state index in [1.807, 2.05) is 32.0 Å². The maximum absolute atomic E-state index is 12.7. The number of amides is 2. The van der Waals surface area contributed by atoms with Crippen LogP contribution in [-0.2, 0) is 4.79 Å². The molecule has 28 heavy (non-hydrogen) atoms. The van der Waals surface area contributed by atoms with E-state index in [-0.39, 0.29) is 11.8 Å². The van der Waals surface area contributed by atoms with Crippen molar-refractivity contribution >= 4 is 50.0 Å². The van der Waals surface area contributed by atoms with E-state index >= 15 is 0 Å². The van der Waals surface area contributed by atoms with Gasteiger partial charge in [-0.05, 0) is 49.7 Å². The van der Waals surface area contributed by atoms with Crippen molar-refractivity contribution in [2.24, 2.45) is 0 Å². The Morgan fingerprint density at radius 2 is 2.07 bits per heavy atom. The van der Waals surface area contributed by atoms with Crippen LogP contribution in [0.5, 0.6) is 0 Å². The fourth-order valence-corrected chi connectivity index (χ4v) is 3.84. The summed E-state index contributed by atoms with van der Waals surface area (Å²) in [7, 11) is 0. The highest BCUT2D eigenvalue weighted by atomic mass is 32.1. The Labute approximate surface area is 165 Å². The molecule has 0 aliphatic carbocycles. The molecular weight excluding hydrogens is 374 g/mol. The van der Waals surface area contributed by atoms with E-state index in [1.54, 1.807) is 35.7 Å². The predicted octanol–water partition coefficient (Wildman–Crippen LogP) is 3.63. The minimum atomic E-state index is -0.639. The van der Waals surface area contributed by atoms with Gasteiger partial charge < -0.3 is 10.6 Å². The molecule has 2 aromatic carbocycles. The number of rotatable bonds is 5. The van der Waals surface area contributed by atoms with Crippen molar-refractivity contribution in [1.29, 1.82) is 0 Å². The van der Waals surface area contributed by atoms with Gasteiger partial charge >= 0.3 is 0 Å². The van der Waals surface area contributed by atoms with E-state index in [4.69, 9.17) is 0 Å². The predicted molar refractivity (Wildman–Crippen MR) is 111 cm³/mol. The number of benzene rings is 2. The largest absolute Gasteiger partial charge is 0.340 e. The average Bonchev–Trinajstić information content (AvgIpc) is 3.29. The molecule has 1 atom stereocenters. The Morgan fingerprint density at radius 3 is 2.89 bits per heavy atom. The lowest BCUT2D eigenvalue weighted by atomic mass is 10.1. The highest BCUT2D eigenvalue weighted by molar-refractivity contribution is 7.18. The van der Waals surface area contributed by atoms with Gasteiger partial charge in [-0.2, -0.15) is 5.10 Å². The number of H-pyrrole nitrogens is 1. The molecule has 7 nitrogen and oxygen atoms in total. The van der Waals surface area contributed by atoms with Crippen molar-refractivity contribution in [3.05, 3.63) is 53.2 Å². The summed E-state index contributed by atoms with van der Waals surface area (Å²) in [5.41, 5.74) is 2.86. The number of nitrogens with zero attached hydrogens (tertiary/aromatic N) is 2. The van der Waals surface area contributed by atoms with Gasteiger partial charge in [0.05, 0.1) is 26.9 Å². The number of hydrogen-bond donors (Lipinski definition) is 3. The van der Waals surface area contributed by atoms with Gasteiger partial charge in [0.15, 0.2) is 0 Å². The number of fused-ring (bicyclic) bond motifs is 2. The molecule has 4 rings (SSSR count). The minimum absolute atomic E-state index is 0.258. The van der Waals surface area contributed by atoms with Crippen molar-refractivity contribution in [3.8, 4) is 0 Å². The van der Waals surface area contributed by atoms with Crippen LogP contribution in [0.4, 0.5) is 5.69 Å². The summed E-state index contributed by atoms with van der Waals surface area (Å²) in [6.45, 7) is 3.81. The Morgan fingerprint density at radius 1 is 1.21 bits per heavy atom. The molecule has 1 unspecified atom stereocenters. The lowest BCUT2D eigenvalue weighted by molar-refractivity contribution is -0.118. The zero-order valence-electron chi connectivity index (χ0n) is 15.4.